The van der Waals surface area contributed by atoms with Crippen molar-refractivity contribution in [2.75, 3.05) is 7.05 Å². The highest BCUT2D eigenvalue weighted by atomic mass is 79.9. The molecule has 0 aliphatic rings. The Balaban J connectivity index is 2.34. The van der Waals surface area contributed by atoms with Crippen LogP contribution in [0.25, 0.3) is 0 Å². The van der Waals surface area contributed by atoms with Crippen LogP contribution in [0.15, 0.2) is 34.8 Å². The molecule has 2 rings (SSSR count). The maximum Gasteiger partial charge on any atom is 0.132 e. The fourth-order valence-electron chi connectivity index (χ4n) is 2.40. The van der Waals surface area contributed by atoms with Crippen molar-refractivity contribution in [1.82, 2.24) is 5.32 Å². The lowest BCUT2D eigenvalue weighted by molar-refractivity contribution is 0.488. The average molecular weight is 354 g/mol. The van der Waals surface area contributed by atoms with Gasteiger partial charge >= 0.3 is 0 Å². The number of hydrogen-bond donors (Lipinski definition) is 1. The Labute approximate surface area is 132 Å². The van der Waals surface area contributed by atoms with Gasteiger partial charge in [0.25, 0.3) is 0 Å². The molecule has 2 aromatic rings. The predicted octanol–water partition coefficient (Wildman–Crippen LogP) is 4.85. The number of likely N-dealkylation sites (N-methyl/N-ethyl adjacent to an activating group) is 1. The number of halogens is 3. The number of aryl methyl sites for hydroxylation is 2. The highest BCUT2D eigenvalue weighted by molar-refractivity contribution is 9.10. The number of nitrogens with one attached hydrogen (secondary N) is 1. The van der Waals surface area contributed by atoms with Gasteiger partial charge in [0.15, 0.2) is 0 Å². The lowest BCUT2D eigenvalue weighted by Gasteiger charge is -2.19. The molecule has 112 valence electrons. The van der Waals surface area contributed by atoms with Crippen LogP contribution in [-0.4, -0.2) is 7.05 Å². The van der Waals surface area contributed by atoms with E-state index < -0.39 is 17.7 Å². The molecule has 0 aromatic heterocycles. The van der Waals surface area contributed by atoms with E-state index in [-0.39, 0.29) is 5.56 Å². The van der Waals surface area contributed by atoms with Crippen LogP contribution < -0.4 is 5.32 Å². The number of rotatable bonds is 4. The molecule has 0 spiro atoms. The molecule has 1 atom stereocenters. The minimum absolute atomic E-state index is 0.0823. The fourth-order valence-corrected chi connectivity index (χ4v) is 2.80. The second-order valence-corrected chi connectivity index (χ2v) is 6.16. The summed E-state index contributed by atoms with van der Waals surface area (Å²) >= 11 is 3.10. The molecule has 0 radical (unpaired) electrons. The molecular formula is C17H18BrF2N. The normalized spacial score (nSPS) is 12.5. The van der Waals surface area contributed by atoms with E-state index in [2.05, 4.69) is 27.3 Å². The lowest BCUT2D eigenvalue weighted by Crippen LogP contribution is -2.21. The van der Waals surface area contributed by atoms with Crippen molar-refractivity contribution < 1.29 is 8.78 Å². The third-order valence-corrected chi connectivity index (χ3v) is 4.21. The Hall–Kier alpha value is -1.26. The van der Waals surface area contributed by atoms with E-state index in [4.69, 9.17) is 0 Å². The van der Waals surface area contributed by atoms with Crippen LogP contribution >= 0.6 is 15.9 Å². The first-order chi connectivity index (χ1) is 9.92. The van der Waals surface area contributed by atoms with Gasteiger partial charge < -0.3 is 5.32 Å². The summed E-state index contributed by atoms with van der Waals surface area (Å²) in [6.45, 7) is 4.08. The van der Waals surface area contributed by atoms with Gasteiger partial charge in [-0.25, -0.2) is 8.78 Å². The van der Waals surface area contributed by atoms with E-state index in [1.807, 2.05) is 26.0 Å². The maximum absolute atomic E-state index is 14.1. The molecule has 0 bridgehead atoms. The molecule has 0 aliphatic carbocycles. The first-order valence-electron chi connectivity index (χ1n) is 6.80. The summed E-state index contributed by atoms with van der Waals surface area (Å²) in [5, 5.41) is 3.01. The van der Waals surface area contributed by atoms with Crippen LogP contribution in [0.4, 0.5) is 8.78 Å². The largest absolute Gasteiger partial charge is 0.313 e. The van der Waals surface area contributed by atoms with Gasteiger partial charge in [-0.2, -0.15) is 0 Å². The van der Waals surface area contributed by atoms with Crippen molar-refractivity contribution >= 4 is 15.9 Å². The van der Waals surface area contributed by atoms with Gasteiger partial charge in [-0.15, -0.1) is 0 Å². The summed E-state index contributed by atoms with van der Waals surface area (Å²) in [5.41, 5.74) is 3.53. The molecule has 1 N–H and O–H groups in total. The Bertz CT molecular complexity index is 632. The van der Waals surface area contributed by atoms with Crippen LogP contribution in [0.2, 0.25) is 0 Å². The summed E-state index contributed by atoms with van der Waals surface area (Å²) in [6, 6.07) is 8.29. The fraction of sp³-hybridized carbons (Fsp3) is 0.294. The Morgan fingerprint density at radius 1 is 1.05 bits per heavy atom. The van der Waals surface area contributed by atoms with E-state index in [9.17, 15) is 8.78 Å². The van der Waals surface area contributed by atoms with E-state index in [0.29, 0.717) is 10.9 Å². The van der Waals surface area contributed by atoms with E-state index in [0.717, 1.165) is 5.56 Å². The smallest absolute Gasteiger partial charge is 0.132 e. The monoisotopic (exact) mass is 353 g/mol. The Morgan fingerprint density at radius 2 is 1.67 bits per heavy atom. The van der Waals surface area contributed by atoms with Gasteiger partial charge in [0.2, 0.25) is 0 Å². The topological polar surface area (TPSA) is 12.0 Å². The SMILES string of the molecule is CNC(Cc1ccc(C)c(C)c1)c1c(F)cc(Br)cc1F. The first kappa shape index (κ1) is 16.1. The van der Waals surface area contributed by atoms with Gasteiger partial charge in [-0.05, 0) is 56.1 Å². The standard InChI is InChI=1S/C17H18BrF2N/c1-10-4-5-12(6-11(10)2)7-16(21-3)17-14(19)8-13(18)9-15(17)20/h4-6,8-9,16,21H,7H2,1-3H3. The zero-order chi connectivity index (χ0) is 15.6. The molecule has 0 aliphatic heterocycles. The lowest BCUT2D eigenvalue weighted by atomic mass is 9.96. The van der Waals surface area contributed by atoms with Crippen molar-refractivity contribution in [2.45, 2.75) is 26.3 Å². The molecule has 0 fully saturated rings. The third-order valence-electron chi connectivity index (χ3n) is 3.75. The molecule has 0 amide bonds. The zero-order valence-corrected chi connectivity index (χ0v) is 13.9. The summed E-state index contributed by atoms with van der Waals surface area (Å²) in [5.74, 6) is -1.07. The molecule has 1 unspecified atom stereocenters. The average Bonchev–Trinajstić information content (AvgIpc) is 2.40. The van der Waals surface area contributed by atoms with E-state index in [1.54, 1.807) is 7.05 Å². The van der Waals surface area contributed by atoms with Crippen molar-refractivity contribution in [3.05, 3.63) is 68.7 Å². The molecule has 21 heavy (non-hydrogen) atoms. The van der Waals surface area contributed by atoms with Gasteiger partial charge in [-0.3, -0.25) is 0 Å². The number of hydrogen-bond acceptors (Lipinski definition) is 1. The second-order valence-electron chi connectivity index (χ2n) is 5.25. The Morgan fingerprint density at radius 3 is 2.19 bits per heavy atom. The third kappa shape index (κ3) is 3.69. The molecular weight excluding hydrogens is 336 g/mol. The highest BCUT2D eigenvalue weighted by Gasteiger charge is 2.20. The molecule has 4 heteroatoms. The highest BCUT2D eigenvalue weighted by Crippen LogP contribution is 2.27. The maximum atomic E-state index is 14.1. The second kappa shape index (κ2) is 6.67. The molecule has 0 saturated heterocycles. The van der Waals surface area contributed by atoms with Crippen LogP contribution in [0.5, 0.6) is 0 Å². The van der Waals surface area contributed by atoms with Crippen LogP contribution in [0, 0.1) is 25.5 Å². The predicted molar refractivity (Wildman–Crippen MR) is 85.5 cm³/mol. The summed E-state index contributed by atoms with van der Waals surface area (Å²) in [4.78, 5) is 0. The van der Waals surface area contributed by atoms with Gasteiger partial charge in [0, 0.05) is 16.1 Å². The van der Waals surface area contributed by atoms with Crippen LogP contribution in [-0.2, 0) is 6.42 Å². The van der Waals surface area contributed by atoms with Gasteiger partial charge in [-0.1, -0.05) is 34.1 Å². The van der Waals surface area contributed by atoms with Gasteiger partial charge in [0.1, 0.15) is 11.6 Å². The quantitative estimate of drug-likeness (QED) is 0.828. The molecule has 1 nitrogen and oxygen atoms in total. The minimum Gasteiger partial charge on any atom is -0.313 e. The number of benzene rings is 2. The van der Waals surface area contributed by atoms with Crippen LogP contribution in [0.1, 0.15) is 28.3 Å². The van der Waals surface area contributed by atoms with Crippen molar-refractivity contribution in [3.8, 4) is 0 Å². The zero-order valence-electron chi connectivity index (χ0n) is 12.3. The van der Waals surface area contributed by atoms with Crippen LogP contribution in [0.3, 0.4) is 0 Å². The minimum atomic E-state index is -0.537. The van der Waals surface area contributed by atoms with Crippen molar-refractivity contribution in [3.63, 3.8) is 0 Å². The molecule has 0 saturated carbocycles. The van der Waals surface area contributed by atoms with Gasteiger partial charge in [0.05, 0.1) is 0 Å². The van der Waals surface area contributed by atoms with E-state index in [1.165, 1.54) is 23.3 Å². The van der Waals surface area contributed by atoms with E-state index >= 15 is 0 Å². The summed E-state index contributed by atoms with van der Waals surface area (Å²) in [6.07, 6.45) is 0.535. The molecule has 2 aromatic carbocycles. The first-order valence-corrected chi connectivity index (χ1v) is 7.59. The molecule has 0 heterocycles. The summed E-state index contributed by atoms with van der Waals surface area (Å²) in [7, 11) is 1.71. The summed E-state index contributed by atoms with van der Waals surface area (Å²) < 4.78 is 28.6. The van der Waals surface area contributed by atoms with Crippen molar-refractivity contribution in [2.24, 2.45) is 0 Å². The Kier molecular flexibility index (Phi) is 5.12. The van der Waals surface area contributed by atoms with Crippen molar-refractivity contribution in [1.29, 1.82) is 0 Å².